The van der Waals surface area contributed by atoms with Crippen molar-refractivity contribution in [3.8, 4) is 0 Å². The highest BCUT2D eigenvalue weighted by Crippen LogP contribution is 2.32. The van der Waals surface area contributed by atoms with E-state index in [1.165, 1.54) is 11.8 Å². The number of carbonyl (C=O) groups excluding carboxylic acids is 1. The van der Waals surface area contributed by atoms with E-state index < -0.39 is 10.8 Å². The van der Waals surface area contributed by atoms with E-state index in [0.29, 0.717) is 12.3 Å². The molecule has 1 heterocycles. The van der Waals surface area contributed by atoms with Gasteiger partial charge in [0.15, 0.2) is 4.71 Å². The molecule has 120 valence electrons. The monoisotopic (exact) mass is 331 g/mol. The van der Waals surface area contributed by atoms with E-state index in [-0.39, 0.29) is 23.1 Å². The van der Waals surface area contributed by atoms with Crippen LogP contribution in [0.5, 0.6) is 0 Å². The Balaban J connectivity index is 2.81. The Morgan fingerprint density at radius 2 is 2.14 bits per heavy atom. The number of amidine groups is 1. The van der Waals surface area contributed by atoms with Crippen molar-refractivity contribution in [2.75, 3.05) is 6.26 Å². The quantitative estimate of drug-likeness (QED) is 0.580. The largest absolute Gasteiger partial charge is 0.365 e. The second-order valence-corrected chi connectivity index (χ2v) is 8.21. The average molecular weight is 332 g/mol. The van der Waals surface area contributed by atoms with Gasteiger partial charge in [-0.2, -0.15) is 0 Å². The summed E-state index contributed by atoms with van der Waals surface area (Å²) >= 11 is 1.51. The Kier molecular flexibility index (Phi) is 6.93. The van der Waals surface area contributed by atoms with Crippen LogP contribution in [0.2, 0.25) is 0 Å². The van der Waals surface area contributed by atoms with Crippen molar-refractivity contribution in [1.29, 1.82) is 5.41 Å². The molecule has 0 saturated heterocycles. The molecular formula is C14H25N3O2S2. The first-order valence-electron chi connectivity index (χ1n) is 7.16. The van der Waals surface area contributed by atoms with Gasteiger partial charge in [-0.25, -0.2) is 0 Å². The maximum Gasteiger partial charge on any atom is 0.234 e. The van der Waals surface area contributed by atoms with Crippen molar-refractivity contribution < 1.29 is 9.00 Å². The highest BCUT2D eigenvalue weighted by atomic mass is 32.2. The Bertz CT molecular complexity index is 477. The number of hydrogen-bond acceptors (Lipinski definition) is 5. The molecule has 0 aromatic carbocycles. The lowest BCUT2D eigenvalue weighted by molar-refractivity contribution is -0.128. The van der Waals surface area contributed by atoms with Gasteiger partial charge in [0.2, 0.25) is 5.91 Å². The molecule has 0 aliphatic carbocycles. The number of amides is 1. The molecule has 5 nitrogen and oxygen atoms in total. The van der Waals surface area contributed by atoms with E-state index in [0.717, 1.165) is 17.0 Å². The Hall–Kier alpha value is -0.820. The van der Waals surface area contributed by atoms with Crippen molar-refractivity contribution in [2.24, 2.45) is 0 Å². The number of hydrogen-bond donors (Lipinski definition) is 2. The van der Waals surface area contributed by atoms with E-state index in [2.05, 4.69) is 5.32 Å². The van der Waals surface area contributed by atoms with Crippen LogP contribution >= 0.6 is 11.8 Å². The van der Waals surface area contributed by atoms with E-state index in [4.69, 9.17) is 5.41 Å². The van der Waals surface area contributed by atoms with Gasteiger partial charge in [-0.3, -0.25) is 19.3 Å². The van der Waals surface area contributed by atoms with Crippen LogP contribution in [0.4, 0.5) is 0 Å². The Morgan fingerprint density at radius 3 is 2.57 bits per heavy atom. The zero-order valence-electron chi connectivity index (χ0n) is 13.4. The van der Waals surface area contributed by atoms with Crippen molar-refractivity contribution in [1.82, 2.24) is 10.2 Å². The summed E-state index contributed by atoms with van der Waals surface area (Å²) < 4.78 is 11.4. The van der Waals surface area contributed by atoms with E-state index in [1.54, 1.807) is 11.2 Å². The SMILES string of the molecule is CCC(=N)N(C(=O)CC1=C(C)SC(S(C)=O)N1)C(C)CC. The van der Waals surface area contributed by atoms with E-state index in [9.17, 15) is 9.00 Å². The molecule has 0 aromatic rings. The predicted molar refractivity (Wildman–Crippen MR) is 90.5 cm³/mol. The fourth-order valence-corrected chi connectivity index (χ4v) is 4.16. The molecule has 0 radical (unpaired) electrons. The first-order chi connectivity index (χ1) is 9.81. The molecule has 0 spiro atoms. The molecule has 0 fully saturated rings. The number of thioether (sulfide) groups is 1. The molecule has 21 heavy (non-hydrogen) atoms. The van der Waals surface area contributed by atoms with Crippen LogP contribution in [0.25, 0.3) is 0 Å². The van der Waals surface area contributed by atoms with Gasteiger partial charge in [0.05, 0.1) is 17.2 Å². The second kappa shape index (κ2) is 7.98. The Morgan fingerprint density at radius 1 is 1.52 bits per heavy atom. The molecule has 0 saturated carbocycles. The maximum absolute atomic E-state index is 12.5. The lowest BCUT2D eigenvalue weighted by Gasteiger charge is -2.29. The van der Waals surface area contributed by atoms with Crippen LogP contribution in [-0.4, -0.2) is 37.9 Å². The Labute approximate surface area is 133 Å². The minimum absolute atomic E-state index is 0.0241. The molecule has 1 aliphatic rings. The number of nitrogens with one attached hydrogen (secondary N) is 2. The summed E-state index contributed by atoms with van der Waals surface area (Å²) in [5, 5.41) is 11.2. The van der Waals surface area contributed by atoms with Crippen molar-refractivity contribution >= 4 is 34.3 Å². The van der Waals surface area contributed by atoms with Gasteiger partial charge in [-0.15, -0.1) is 0 Å². The highest BCUT2D eigenvalue weighted by Gasteiger charge is 2.29. The third-order valence-electron chi connectivity index (χ3n) is 3.56. The van der Waals surface area contributed by atoms with Crippen molar-refractivity contribution in [3.63, 3.8) is 0 Å². The number of allylic oxidation sites excluding steroid dienone is 1. The van der Waals surface area contributed by atoms with Crippen molar-refractivity contribution in [2.45, 2.75) is 57.7 Å². The summed E-state index contributed by atoms with van der Waals surface area (Å²) in [6.07, 6.45) is 3.24. The fourth-order valence-electron chi connectivity index (χ4n) is 2.08. The molecule has 2 N–H and O–H groups in total. The van der Waals surface area contributed by atoms with Gasteiger partial charge in [0.1, 0.15) is 5.84 Å². The molecule has 3 atom stereocenters. The molecule has 1 aliphatic heterocycles. The predicted octanol–water partition coefficient (Wildman–Crippen LogP) is 2.62. The minimum atomic E-state index is -0.986. The lowest BCUT2D eigenvalue weighted by Crippen LogP contribution is -2.43. The molecule has 1 amide bonds. The third-order valence-corrected chi connectivity index (χ3v) is 6.31. The van der Waals surface area contributed by atoms with Crippen LogP contribution in [0.15, 0.2) is 10.6 Å². The van der Waals surface area contributed by atoms with Gasteiger partial charge in [0, 0.05) is 29.3 Å². The summed E-state index contributed by atoms with van der Waals surface area (Å²) in [5.41, 5.74) is 0.836. The van der Waals surface area contributed by atoms with Crippen molar-refractivity contribution in [3.05, 3.63) is 10.6 Å². The standard InChI is InChI=1S/C14H25N3O2S2/c1-6-9(3)17(12(15)7-2)13(18)8-11-10(4)20-14(16-11)21(5)19/h9,14-16H,6-8H2,1-5H3. The minimum Gasteiger partial charge on any atom is -0.365 e. The van der Waals surface area contributed by atoms with Crippen LogP contribution in [0.1, 0.15) is 47.0 Å². The van der Waals surface area contributed by atoms with Gasteiger partial charge >= 0.3 is 0 Å². The fraction of sp³-hybridized carbons (Fsp3) is 0.714. The first-order valence-corrected chi connectivity index (χ1v) is 9.66. The summed E-state index contributed by atoms with van der Waals surface area (Å²) in [6.45, 7) is 7.80. The lowest BCUT2D eigenvalue weighted by atomic mass is 10.1. The normalized spacial score (nSPS) is 20.9. The second-order valence-electron chi connectivity index (χ2n) is 5.13. The average Bonchev–Trinajstić information content (AvgIpc) is 2.80. The van der Waals surface area contributed by atoms with E-state index >= 15 is 0 Å². The first kappa shape index (κ1) is 18.2. The van der Waals surface area contributed by atoms with Gasteiger partial charge in [0.25, 0.3) is 0 Å². The van der Waals surface area contributed by atoms with Gasteiger partial charge in [-0.1, -0.05) is 25.6 Å². The third kappa shape index (κ3) is 4.57. The number of carbonyl (C=O) groups is 1. The van der Waals surface area contributed by atoms with Gasteiger partial charge in [-0.05, 0) is 20.3 Å². The molecule has 0 aromatic heterocycles. The molecule has 0 bridgehead atoms. The smallest absolute Gasteiger partial charge is 0.234 e. The maximum atomic E-state index is 12.5. The summed E-state index contributed by atoms with van der Waals surface area (Å²) in [6, 6.07) is 0.0241. The molecular weight excluding hydrogens is 306 g/mol. The topological polar surface area (TPSA) is 73.3 Å². The summed E-state index contributed by atoms with van der Waals surface area (Å²) in [5.74, 6) is 0.287. The zero-order chi connectivity index (χ0) is 16.2. The summed E-state index contributed by atoms with van der Waals surface area (Å²) in [7, 11) is -0.986. The van der Waals surface area contributed by atoms with Crippen LogP contribution in [-0.2, 0) is 15.6 Å². The number of rotatable bonds is 6. The molecule has 3 unspecified atom stereocenters. The van der Waals surface area contributed by atoms with Crippen LogP contribution in [0, 0.1) is 5.41 Å². The van der Waals surface area contributed by atoms with Crippen LogP contribution < -0.4 is 5.32 Å². The molecule has 1 rings (SSSR count). The van der Waals surface area contributed by atoms with E-state index in [1.807, 2.05) is 27.7 Å². The highest BCUT2D eigenvalue weighted by molar-refractivity contribution is 8.13. The molecule has 7 heteroatoms. The summed E-state index contributed by atoms with van der Waals surface area (Å²) in [4.78, 5) is 15.1. The van der Waals surface area contributed by atoms with Gasteiger partial charge < -0.3 is 5.32 Å². The number of nitrogens with zero attached hydrogens (tertiary/aromatic N) is 1. The van der Waals surface area contributed by atoms with Crippen LogP contribution in [0.3, 0.4) is 0 Å². The zero-order valence-corrected chi connectivity index (χ0v) is 15.0.